The van der Waals surface area contributed by atoms with Crippen molar-refractivity contribution in [2.24, 2.45) is 0 Å². The van der Waals surface area contributed by atoms with Crippen LogP contribution in [0.5, 0.6) is 0 Å². The highest BCUT2D eigenvalue weighted by Gasteiger charge is 2.15. The Hall–Kier alpha value is -2.54. The molecule has 2 N–H and O–H groups in total. The Kier molecular flexibility index (Phi) is 4.47. The summed E-state index contributed by atoms with van der Waals surface area (Å²) in [6, 6.07) is 9.71. The summed E-state index contributed by atoms with van der Waals surface area (Å²) < 4.78 is 0. The first kappa shape index (κ1) is 15.4. The van der Waals surface area contributed by atoms with Gasteiger partial charge in [0.05, 0.1) is 18.2 Å². The van der Waals surface area contributed by atoms with Crippen LogP contribution in [0.3, 0.4) is 0 Å². The van der Waals surface area contributed by atoms with Gasteiger partial charge in [0.1, 0.15) is 10.8 Å². The predicted molar refractivity (Wildman–Crippen MR) is 88.9 cm³/mol. The van der Waals surface area contributed by atoms with Crippen molar-refractivity contribution in [2.45, 2.75) is 26.3 Å². The topological polar surface area (TPSA) is 83.6 Å². The lowest BCUT2D eigenvalue weighted by Gasteiger charge is -2.09. The number of benzene rings is 1. The molecule has 3 rings (SSSR count). The van der Waals surface area contributed by atoms with Gasteiger partial charge in [-0.05, 0) is 13.8 Å². The summed E-state index contributed by atoms with van der Waals surface area (Å²) in [6.45, 7) is 3.68. The van der Waals surface area contributed by atoms with Crippen LogP contribution in [0, 0.1) is 6.92 Å². The minimum absolute atomic E-state index is 0.0927. The SMILES string of the molecule is Cc1nc(C(C)NC(=O)Cc2csc(-c3ccccc3)n2)n[nH]1. The lowest BCUT2D eigenvalue weighted by atomic mass is 10.2. The molecule has 0 radical (unpaired) electrons. The Morgan fingerprint density at radius 1 is 1.30 bits per heavy atom. The van der Waals surface area contributed by atoms with E-state index in [1.807, 2.05) is 49.6 Å². The smallest absolute Gasteiger partial charge is 0.226 e. The molecule has 118 valence electrons. The van der Waals surface area contributed by atoms with E-state index < -0.39 is 0 Å². The van der Waals surface area contributed by atoms with Gasteiger partial charge >= 0.3 is 0 Å². The fourth-order valence-corrected chi connectivity index (χ4v) is 3.00. The molecule has 1 amide bonds. The Morgan fingerprint density at radius 2 is 2.09 bits per heavy atom. The second-order valence-electron chi connectivity index (χ2n) is 5.26. The summed E-state index contributed by atoms with van der Waals surface area (Å²) in [5.74, 6) is 1.22. The molecule has 1 unspecified atom stereocenters. The molecule has 0 fully saturated rings. The number of aromatic amines is 1. The first-order chi connectivity index (χ1) is 11.1. The van der Waals surface area contributed by atoms with E-state index in [9.17, 15) is 4.79 Å². The molecule has 0 saturated carbocycles. The van der Waals surface area contributed by atoms with Crippen LogP contribution in [0.4, 0.5) is 0 Å². The van der Waals surface area contributed by atoms with Crippen molar-refractivity contribution in [1.29, 1.82) is 0 Å². The van der Waals surface area contributed by atoms with Crippen LogP contribution in [-0.2, 0) is 11.2 Å². The summed E-state index contributed by atoms with van der Waals surface area (Å²) in [5.41, 5.74) is 1.83. The van der Waals surface area contributed by atoms with Crippen LogP contribution in [0.1, 0.15) is 30.3 Å². The Labute approximate surface area is 138 Å². The third-order valence-electron chi connectivity index (χ3n) is 3.29. The first-order valence-corrected chi connectivity index (χ1v) is 8.18. The summed E-state index contributed by atoms with van der Waals surface area (Å²) in [6.07, 6.45) is 0.247. The summed E-state index contributed by atoms with van der Waals surface area (Å²) in [5, 5.41) is 12.6. The van der Waals surface area contributed by atoms with Crippen LogP contribution in [0.2, 0.25) is 0 Å². The zero-order valence-electron chi connectivity index (χ0n) is 12.9. The van der Waals surface area contributed by atoms with E-state index in [4.69, 9.17) is 0 Å². The first-order valence-electron chi connectivity index (χ1n) is 7.30. The maximum atomic E-state index is 12.1. The van der Waals surface area contributed by atoms with Gasteiger partial charge in [0.2, 0.25) is 5.91 Å². The van der Waals surface area contributed by atoms with Crippen molar-refractivity contribution < 1.29 is 4.79 Å². The number of nitrogens with zero attached hydrogens (tertiary/aromatic N) is 3. The number of aromatic nitrogens is 4. The second kappa shape index (κ2) is 6.70. The van der Waals surface area contributed by atoms with Gasteiger partial charge in [-0.15, -0.1) is 11.3 Å². The van der Waals surface area contributed by atoms with E-state index in [-0.39, 0.29) is 18.4 Å². The van der Waals surface area contributed by atoms with Crippen molar-refractivity contribution in [3.8, 4) is 10.6 Å². The molecule has 23 heavy (non-hydrogen) atoms. The average molecular weight is 327 g/mol. The van der Waals surface area contributed by atoms with Crippen molar-refractivity contribution in [2.75, 3.05) is 0 Å². The quantitative estimate of drug-likeness (QED) is 0.754. The van der Waals surface area contributed by atoms with E-state index in [1.54, 1.807) is 11.3 Å². The van der Waals surface area contributed by atoms with Gasteiger partial charge < -0.3 is 5.32 Å². The number of hydrogen-bond donors (Lipinski definition) is 2. The minimum atomic E-state index is -0.236. The molecule has 0 spiro atoms. The molecular weight excluding hydrogens is 310 g/mol. The molecule has 0 aliphatic carbocycles. The largest absolute Gasteiger partial charge is 0.346 e. The van der Waals surface area contributed by atoms with Crippen LogP contribution < -0.4 is 5.32 Å². The molecule has 1 atom stereocenters. The van der Waals surface area contributed by atoms with Gasteiger partial charge in [-0.2, -0.15) is 5.10 Å². The highest BCUT2D eigenvalue weighted by atomic mass is 32.1. The lowest BCUT2D eigenvalue weighted by molar-refractivity contribution is -0.121. The Balaban J connectivity index is 1.61. The van der Waals surface area contributed by atoms with Crippen LogP contribution in [0.25, 0.3) is 10.6 Å². The number of hydrogen-bond acceptors (Lipinski definition) is 5. The van der Waals surface area contributed by atoms with E-state index in [2.05, 4.69) is 25.5 Å². The number of nitrogens with one attached hydrogen (secondary N) is 2. The minimum Gasteiger partial charge on any atom is -0.346 e. The molecule has 2 heterocycles. The fourth-order valence-electron chi connectivity index (χ4n) is 2.18. The Morgan fingerprint density at radius 3 is 2.78 bits per heavy atom. The number of rotatable bonds is 5. The fraction of sp³-hybridized carbons (Fsp3) is 0.250. The average Bonchev–Trinajstić information content (AvgIpc) is 3.17. The number of carbonyl (C=O) groups is 1. The van der Waals surface area contributed by atoms with E-state index in [0.717, 1.165) is 22.1 Å². The lowest BCUT2D eigenvalue weighted by Crippen LogP contribution is -2.28. The van der Waals surface area contributed by atoms with Crippen molar-refractivity contribution >= 4 is 17.2 Å². The Bertz CT molecular complexity index is 796. The number of thiazole rings is 1. The standard InChI is InChI=1S/C16H17N5OS/c1-10(15-18-11(2)20-21-15)17-14(22)8-13-9-23-16(19-13)12-6-4-3-5-7-12/h3-7,9-10H,8H2,1-2H3,(H,17,22)(H,18,20,21). The molecule has 6 nitrogen and oxygen atoms in total. The van der Waals surface area contributed by atoms with Crippen LogP contribution in [0.15, 0.2) is 35.7 Å². The number of aryl methyl sites for hydroxylation is 1. The number of H-pyrrole nitrogens is 1. The van der Waals surface area contributed by atoms with Crippen molar-refractivity contribution in [1.82, 2.24) is 25.5 Å². The second-order valence-corrected chi connectivity index (χ2v) is 6.11. The molecule has 0 bridgehead atoms. The molecular formula is C16H17N5OS. The maximum absolute atomic E-state index is 12.1. The van der Waals surface area contributed by atoms with Gasteiger partial charge in [-0.25, -0.2) is 9.97 Å². The van der Waals surface area contributed by atoms with Gasteiger partial charge in [0.25, 0.3) is 0 Å². The molecule has 1 aromatic carbocycles. The van der Waals surface area contributed by atoms with Gasteiger partial charge in [0.15, 0.2) is 5.82 Å². The summed E-state index contributed by atoms with van der Waals surface area (Å²) in [7, 11) is 0. The predicted octanol–water partition coefficient (Wildman–Crippen LogP) is 2.66. The molecule has 3 aromatic rings. The van der Waals surface area contributed by atoms with Gasteiger partial charge in [-0.3, -0.25) is 9.89 Å². The zero-order chi connectivity index (χ0) is 16.2. The van der Waals surface area contributed by atoms with Crippen molar-refractivity contribution in [3.63, 3.8) is 0 Å². The molecule has 0 aliphatic rings. The molecule has 0 aliphatic heterocycles. The zero-order valence-corrected chi connectivity index (χ0v) is 13.7. The summed E-state index contributed by atoms with van der Waals surface area (Å²) >= 11 is 1.54. The van der Waals surface area contributed by atoms with Gasteiger partial charge in [-0.1, -0.05) is 30.3 Å². The van der Waals surface area contributed by atoms with Crippen molar-refractivity contribution in [3.05, 3.63) is 53.1 Å². The summed E-state index contributed by atoms with van der Waals surface area (Å²) in [4.78, 5) is 20.9. The number of carbonyl (C=O) groups excluding carboxylic acids is 1. The monoisotopic (exact) mass is 327 g/mol. The third kappa shape index (κ3) is 3.81. The van der Waals surface area contributed by atoms with E-state index in [0.29, 0.717) is 5.82 Å². The third-order valence-corrected chi connectivity index (χ3v) is 4.23. The van der Waals surface area contributed by atoms with Crippen LogP contribution >= 0.6 is 11.3 Å². The maximum Gasteiger partial charge on any atom is 0.226 e. The molecule has 0 saturated heterocycles. The van der Waals surface area contributed by atoms with E-state index >= 15 is 0 Å². The molecule has 2 aromatic heterocycles. The van der Waals surface area contributed by atoms with Gasteiger partial charge in [0, 0.05) is 10.9 Å². The highest BCUT2D eigenvalue weighted by molar-refractivity contribution is 7.13. The van der Waals surface area contributed by atoms with Crippen LogP contribution in [-0.4, -0.2) is 26.1 Å². The normalized spacial score (nSPS) is 12.1. The number of amides is 1. The molecule has 7 heteroatoms. The van der Waals surface area contributed by atoms with E-state index in [1.165, 1.54) is 0 Å². The highest BCUT2D eigenvalue weighted by Crippen LogP contribution is 2.23.